The van der Waals surface area contributed by atoms with E-state index in [0.717, 1.165) is 16.8 Å². The molecule has 0 aliphatic rings. The van der Waals surface area contributed by atoms with Crippen LogP contribution in [0.5, 0.6) is 0 Å². The molecule has 4 rings (SSSR count). The summed E-state index contributed by atoms with van der Waals surface area (Å²) in [7, 11) is 1.70. The highest BCUT2D eigenvalue weighted by Gasteiger charge is 2.14. The van der Waals surface area contributed by atoms with Crippen LogP contribution in [0.1, 0.15) is 27.3 Å². The minimum Gasteiger partial charge on any atom is -0.348 e. The molecule has 9 heteroatoms. The number of benzene rings is 3. The fraction of sp³-hybridized carbons (Fsp3) is 0.185. The Morgan fingerprint density at radius 3 is 2.44 bits per heavy atom. The van der Waals surface area contributed by atoms with Gasteiger partial charge in [-0.2, -0.15) is 4.98 Å². The molecule has 0 aliphatic carbocycles. The van der Waals surface area contributed by atoms with E-state index >= 15 is 0 Å². The molecule has 0 atom stereocenters. The lowest BCUT2D eigenvalue weighted by Crippen LogP contribution is -2.33. The van der Waals surface area contributed by atoms with Crippen molar-refractivity contribution in [1.82, 2.24) is 20.4 Å². The Morgan fingerprint density at radius 1 is 1.00 bits per heavy atom. The Hall–Kier alpha value is -4.53. The molecule has 0 unspecified atom stereocenters. The number of nitrogens with zero attached hydrogens (tertiary/aromatic N) is 3. The maximum atomic E-state index is 13.0. The number of hydrogen-bond donors (Lipinski definition) is 2. The molecule has 36 heavy (non-hydrogen) atoms. The van der Waals surface area contributed by atoms with Crippen LogP contribution in [-0.4, -0.2) is 40.6 Å². The fourth-order valence-corrected chi connectivity index (χ4v) is 3.42. The number of aryl methyl sites for hydroxylation is 1. The monoisotopic (exact) mass is 487 g/mol. The van der Waals surface area contributed by atoms with Crippen LogP contribution in [0.3, 0.4) is 0 Å². The standard InChI is InChI=1S/C27H26FN5O3/c1-18-5-3-4-6-23(18)30-27(35)33(2)16-15-24-31-26(36-32-24)21-11-9-20(10-12-21)25(34)29-17-19-7-13-22(28)14-8-19/h3-14H,15-17H2,1-2H3,(H,29,34)(H,30,35). The maximum Gasteiger partial charge on any atom is 0.321 e. The van der Waals surface area contributed by atoms with Gasteiger partial charge in [0.1, 0.15) is 5.82 Å². The molecule has 0 fully saturated rings. The maximum absolute atomic E-state index is 13.0. The van der Waals surface area contributed by atoms with Crippen molar-refractivity contribution >= 4 is 17.6 Å². The highest BCUT2D eigenvalue weighted by molar-refractivity contribution is 5.94. The van der Waals surface area contributed by atoms with Gasteiger partial charge in [-0.25, -0.2) is 9.18 Å². The molecule has 0 bridgehead atoms. The highest BCUT2D eigenvalue weighted by atomic mass is 19.1. The lowest BCUT2D eigenvalue weighted by Gasteiger charge is -2.18. The first-order chi connectivity index (χ1) is 17.4. The van der Waals surface area contributed by atoms with Crippen molar-refractivity contribution in [3.63, 3.8) is 0 Å². The van der Waals surface area contributed by atoms with Crippen molar-refractivity contribution in [2.24, 2.45) is 0 Å². The van der Waals surface area contributed by atoms with Crippen molar-refractivity contribution in [2.75, 3.05) is 18.9 Å². The second-order valence-corrected chi connectivity index (χ2v) is 8.32. The Morgan fingerprint density at radius 2 is 1.72 bits per heavy atom. The van der Waals surface area contributed by atoms with Gasteiger partial charge in [-0.1, -0.05) is 35.5 Å². The third-order valence-corrected chi connectivity index (χ3v) is 5.63. The number of para-hydroxylation sites is 1. The Labute approximate surface area is 208 Å². The van der Waals surface area contributed by atoms with E-state index in [-0.39, 0.29) is 17.8 Å². The molecule has 3 aromatic carbocycles. The van der Waals surface area contributed by atoms with Crippen molar-refractivity contribution < 1.29 is 18.5 Å². The summed E-state index contributed by atoms with van der Waals surface area (Å²) >= 11 is 0. The number of rotatable bonds is 8. The Kier molecular flexibility index (Phi) is 7.69. The predicted molar refractivity (Wildman–Crippen MR) is 134 cm³/mol. The van der Waals surface area contributed by atoms with E-state index < -0.39 is 0 Å². The molecular formula is C27H26FN5O3. The number of nitrogens with one attached hydrogen (secondary N) is 2. The molecule has 0 saturated carbocycles. The Bertz CT molecular complexity index is 1340. The van der Waals surface area contributed by atoms with Gasteiger partial charge in [0.05, 0.1) is 0 Å². The number of anilines is 1. The molecular weight excluding hydrogens is 461 g/mol. The summed E-state index contributed by atoms with van der Waals surface area (Å²) in [5.74, 6) is 0.238. The Balaban J connectivity index is 1.28. The largest absolute Gasteiger partial charge is 0.348 e. The molecule has 184 valence electrons. The molecule has 0 radical (unpaired) electrons. The highest BCUT2D eigenvalue weighted by Crippen LogP contribution is 2.18. The zero-order valence-corrected chi connectivity index (χ0v) is 20.0. The lowest BCUT2D eigenvalue weighted by molar-refractivity contribution is 0.0951. The second-order valence-electron chi connectivity index (χ2n) is 8.32. The number of likely N-dealkylation sites (N-methyl/N-ethyl adjacent to an activating group) is 1. The number of urea groups is 1. The van der Waals surface area contributed by atoms with Gasteiger partial charge < -0.3 is 20.1 Å². The van der Waals surface area contributed by atoms with Gasteiger partial charge in [0, 0.05) is 43.4 Å². The normalized spacial score (nSPS) is 10.6. The zero-order valence-electron chi connectivity index (χ0n) is 20.0. The third kappa shape index (κ3) is 6.32. The van der Waals surface area contributed by atoms with E-state index in [1.807, 2.05) is 31.2 Å². The van der Waals surface area contributed by atoms with Crippen molar-refractivity contribution in [2.45, 2.75) is 19.9 Å². The summed E-state index contributed by atoms with van der Waals surface area (Å²) in [5, 5.41) is 9.69. The summed E-state index contributed by atoms with van der Waals surface area (Å²) < 4.78 is 18.4. The minimum atomic E-state index is -0.319. The molecule has 0 aliphatic heterocycles. The average Bonchev–Trinajstić information content (AvgIpc) is 3.37. The smallest absolute Gasteiger partial charge is 0.321 e. The summed E-state index contributed by atoms with van der Waals surface area (Å²) in [4.78, 5) is 30.8. The third-order valence-electron chi connectivity index (χ3n) is 5.63. The van der Waals surface area contributed by atoms with Crippen LogP contribution in [0.4, 0.5) is 14.9 Å². The molecule has 3 amide bonds. The fourth-order valence-electron chi connectivity index (χ4n) is 3.42. The minimum absolute atomic E-state index is 0.221. The van der Waals surface area contributed by atoms with Gasteiger partial charge >= 0.3 is 6.03 Å². The quantitative estimate of drug-likeness (QED) is 0.371. The first kappa shape index (κ1) is 24.6. The number of hydrogen-bond acceptors (Lipinski definition) is 5. The number of aromatic nitrogens is 2. The lowest BCUT2D eigenvalue weighted by atomic mass is 10.1. The van der Waals surface area contributed by atoms with E-state index in [2.05, 4.69) is 20.8 Å². The molecule has 0 spiro atoms. The van der Waals surface area contributed by atoms with E-state index in [4.69, 9.17) is 4.52 Å². The first-order valence-electron chi connectivity index (χ1n) is 11.4. The number of carbonyl (C=O) groups is 2. The zero-order chi connectivity index (χ0) is 25.5. The van der Waals surface area contributed by atoms with E-state index in [0.29, 0.717) is 42.4 Å². The topological polar surface area (TPSA) is 100 Å². The van der Waals surface area contributed by atoms with Crippen LogP contribution in [-0.2, 0) is 13.0 Å². The van der Waals surface area contributed by atoms with Crippen LogP contribution < -0.4 is 10.6 Å². The SMILES string of the molecule is Cc1ccccc1NC(=O)N(C)CCc1noc(-c2ccc(C(=O)NCc3ccc(F)cc3)cc2)n1. The molecule has 4 aromatic rings. The van der Waals surface area contributed by atoms with Gasteiger partial charge in [0.2, 0.25) is 0 Å². The average molecular weight is 488 g/mol. The van der Waals surface area contributed by atoms with Crippen molar-refractivity contribution in [3.05, 3.63) is 101 Å². The molecule has 1 heterocycles. The predicted octanol–water partition coefficient (Wildman–Crippen LogP) is 4.82. The van der Waals surface area contributed by atoms with Gasteiger partial charge in [0.25, 0.3) is 11.8 Å². The number of amides is 3. The van der Waals surface area contributed by atoms with Crippen LogP contribution >= 0.6 is 0 Å². The van der Waals surface area contributed by atoms with Crippen molar-refractivity contribution in [3.8, 4) is 11.5 Å². The van der Waals surface area contributed by atoms with Gasteiger partial charge in [-0.15, -0.1) is 0 Å². The van der Waals surface area contributed by atoms with Crippen LogP contribution in [0, 0.1) is 12.7 Å². The summed E-state index contributed by atoms with van der Waals surface area (Å²) in [5.41, 5.74) is 3.71. The number of carbonyl (C=O) groups excluding carboxylic acids is 2. The molecule has 0 saturated heterocycles. The van der Waals surface area contributed by atoms with Crippen LogP contribution in [0.25, 0.3) is 11.5 Å². The van der Waals surface area contributed by atoms with Crippen molar-refractivity contribution in [1.29, 1.82) is 0 Å². The molecule has 1 aromatic heterocycles. The summed E-state index contributed by atoms with van der Waals surface area (Å²) in [6.07, 6.45) is 0.422. The second kappa shape index (κ2) is 11.3. The van der Waals surface area contributed by atoms with E-state index in [9.17, 15) is 14.0 Å². The van der Waals surface area contributed by atoms with Gasteiger partial charge in [-0.05, 0) is 60.5 Å². The van der Waals surface area contributed by atoms with Crippen LogP contribution in [0.15, 0.2) is 77.3 Å². The number of halogens is 1. The molecule has 2 N–H and O–H groups in total. The molecule has 8 nitrogen and oxygen atoms in total. The van der Waals surface area contributed by atoms with Crippen LogP contribution in [0.2, 0.25) is 0 Å². The van der Waals surface area contributed by atoms with Gasteiger partial charge in [-0.3, -0.25) is 4.79 Å². The first-order valence-corrected chi connectivity index (χ1v) is 11.4. The van der Waals surface area contributed by atoms with E-state index in [1.54, 1.807) is 48.3 Å². The summed E-state index contributed by atoms with van der Waals surface area (Å²) in [6.45, 7) is 2.64. The van der Waals surface area contributed by atoms with E-state index in [1.165, 1.54) is 12.1 Å². The summed E-state index contributed by atoms with van der Waals surface area (Å²) in [6, 6.07) is 20.1. The van der Waals surface area contributed by atoms with Gasteiger partial charge in [0.15, 0.2) is 5.82 Å².